The number of para-hydroxylation sites is 2. The number of aryl methyl sites for hydroxylation is 3. The summed E-state index contributed by atoms with van der Waals surface area (Å²) in [6.45, 7) is 7.42. The van der Waals surface area contributed by atoms with Crippen LogP contribution in [-0.4, -0.2) is 28.7 Å². The molecule has 1 aromatic heterocycles. The maximum atomic E-state index is 12.4. The molecule has 7 heteroatoms. The van der Waals surface area contributed by atoms with Gasteiger partial charge in [0, 0.05) is 5.69 Å². The highest BCUT2D eigenvalue weighted by Crippen LogP contribution is 2.24. The fourth-order valence-electron chi connectivity index (χ4n) is 2.92. The van der Waals surface area contributed by atoms with E-state index in [2.05, 4.69) is 10.3 Å². The molecule has 2 aromatic carbocycles. The lowest BCUT2D eigenvalue weighted by molar-refractivity contribution is -0.150. The zero-order valence-corrected chi connectivity index (χ0v) is 17.1. The van der Waals surface area contributed by atoms with Crippen LogP contribution in [0.2, 0.25) is 0 Å². The second kappa shape index (κ2) is 8.48. The molecule has 0 unspecified atom stereocenters. The highest BCUT2D eigenvalue weighted by molar-refractivity contribution is 7.99. The van der Waals surface area contributed by atoms with E-state index < -0.39 is 12.1 Å². The molecule has 1 atom stereocenters. The normalized spacial score (nSPS) is 12.0. The molecule has 28 heavy (non-hydrogen) atoms. The molecule has 1 amide bonds. The van der Waals surface area contributed by atoms with Crippen LogP contribution < -0.4 is 5.32 Å². The summed E-state index contributed by atoms with van der Waals surface area (Å²) in [4.78, 5) is 28.8. The molecule has 0 saturated heterocycles. The maximum Gasteiger partial charge on any atom is 0.317 e. The van der Waals surface area contributed by atoms with Crippen LogP contribution in [0.4, 0.5) is 5.69 Å². The average Bonchev–Trinajstić information content (AvgIpc) is 3.05. The molecule has 6 nitrogen and oxygen atoms in total. The van der Waals surface area contributed by atoms with Gasteiger partial charge >= 0.3 is 5.97 Å². The summed E-state index contributed by atoms with van der Waals surface area (Å²) >= 11 is 1.13. The summed E-state index contributed by atoms with van der Waals surface area (Å²) in [7, 11) is 0. The lowest BCUT2D eigenvalue weighted by Gasteiger charge is -2.16. The van der Waals surface area contributed by atoms with E-state index in [9.17, 15) is 9.59 Å². The summed E-state index contributed by atoms with van der Waals surface area (Å²) in [5.74, 6) is -0.866. The van der Waals surface area contributed by atoms with Crippen molar-refractivity contribution in [1.82, 2.24) is 4.98 Å². The minimum Gasteiger partial charge on any atom is -0.452 e. The molecule has 0 fully saturated rings. The molecule has 0 radical (unpaired) electrons. The molecule has 0 aliphatic rings. The number of aromatic nitrogens is 1. The molecule has 1 N–H and O–H groups in total. The third kappa shape index (κ3) is 4.72. The number of nitrogens with zero attached hydrogens (tertiary/aromatic N) is 1. The smallest absolute Gasteiger partial charge is 0.317 e. The van der Waals surface area contributed by atoms with Crippen molar-refractivity contribution in [3.8, 4) is 0 Å². The number of carbonyl (C=O) groups excluding carboxylic acids is 2. The van der Waals surface area contributed by atoms with Gasteiger partial charge in [0.05, 0.1) is 0 Å². The Hall–Kier alpha value is -2.80. The summed E-state index contributed by atoms with van der Waals surface area (Å²) in [6, 6.07) is 11.4. The molecule has 0 bridgehead atoms. The predicted octanol–water partition coefficient (Wildman–Crippen LogP) is 4.42. The number of hydrogen-bond acceptors (Lipinski definition) is 6. The Bertz CT molecular complexity index is 972. The number of esters is 1. The van der Waals surface area contributed by atoms with Crippen LogP contribution in [0.3, 0.4) is 0 Å². The number of rotatable bonds is 6. The number of anilines is 1. The molecule has 146 valence electrons. The van der Waals surface area contributed by atoms with Crippen LogP contribution in [0.5, 0.6) is 0 Å². The molecule has 1 heterocycles. The second-order valence-corrected chi connectivity index (χ2v) is 7.56. The van der Waals surface area contributed by atoms with Gasteiger partial charge in [-0.3, -0.25) is 9.59 Å². The topological polar surface area (TPSA) is 81.4 Å². The fourth-order valence-corrected chi connectivity index (χ4v) is 3.54. The zero-order valence-electron chi connectivity index (χ0n) is 16.2. The first-order valence-corrected chi connectivity index (χ1v) is 9.88. The van der Waals surface area contributed by atoms with E-state index in [0.717, 1.165) is 39.7 Å². The molecule has 3 aromatic rings. The largest absolute Gasteiger partial charge is 0.452 e. The first-order valence-electron chi connectivity index (χ1n) is 8.90. The van der Waals surface area contributed by atoms with Crippen molar-refractivity contribution in [3.05, 3.63) is 53.1 Å². The number of oxazole rings is 1. The third-order valence-electron chi connectivity index (χ3n) is 4.19. The molecule has 0 aliphatic carbocycles. The standard InChI is InChI=1S/C21H22N2O4S/c1-12-9-13(2)19(14(3)10-12)23-20(25)15(4)26-18(24)11-28-21-22-16-7-5-6-8-17(16)27-21/h5-10,15H,11H2,1-4H3,(H,23,25)/t15-/m0/s1. The van der Waals surface area contributed by atoms with Gasteiger partial charge in [-0.15, -0.1) is 0 Å². The van der Waals surface area contributed by atoms with E-state index in [1.54, 1.807) is 6.92 Å². The van der Waals surface area contributed by atoms with E-state index in [1.165, 1.54) is 0 Å². The van der Waals surface area contributed by atoms with E-state index >= 15 is 0 Å². The summed E-state index contributed by atoms with van der Waals surface area (Å²) in [6.07, 6.45) is -0.906. The van der Waals surface area contributed by atoms with E-state index in [1.807, 2.05) is 57.2 Å². The number of fused-ring (bicyclic) bond motifs is 1. The number of hydrogen-bond donors (Lipinski definition) is 1. The monoisotopic (exact) mass is 398 g/mol. The number of benzene rings is 2. The highest BCUT2D eigenvalue weighted by atomic mass is 32.2. The minimum absolute atomic E-state index is 0.00697. The van der Waals surface area contributed by atoms with Crippen molar-refractivity contribution in [2.24, 2.45) is 0 Å². The quantitative estimate of drug-likeness (QED) is 0.489. The van der Waals surface area contributed by atoms with Crippen LogP contribution in [0.25, 0.3) is 11.1 Å². The van der Waals surface area contributed by atoms with Gasteiger partial charge in [-0.1, -0.05) is 41.6 Å². The van der Waals surface area contributed by atoms with Crippen LogP contribution in [0, 0.1) is 20.8 Å². The molecule has 0 saturated carbocycles. The van der Waals surface area contributed by atoms with Crippen LogP contribution >= 0.6 is 11.8 Å². The average molecular weight is 398 g/mol. The van der Waals surface area contributed by atoms with Crippen molar-refractivity contribution in [2.45, 2.75) is 39.0 Å². The number of ether oxygens (including phenoxy) is 1. The number of carbonyl (C=O) groups is 2. The third-order valence-corrected chi connectivity index (χ3v) is 4.99. The van der Waals surface area contributed by atoms with Gasteiger partial charge in [0.25, 0.3) is 11.1 Å². The maximum absolute atomic E-state index is 12.4. The Morgan fingerprint density at radius 2 is 1.86 bits per heavy atom. The van der Waals surface area contributed by atoms with Crippen LogP contribution in [0.15, 0.2) is 46.0 Å². The SMILES string of the molecule is Cc1cc(C)c(NC(=O)[C@H](C)OC(=O)CSc2nc3ccccc3o2)c(C)c1. The lowest BCUT2D eigenvalue weighted by Crippen LogP contribution is -2.31. The first kappa shape index (κ1) is 19.9. The number of thioether (sulfide) groups is 1. The second-order valence-electron chi connectivity index (χ2n) is 6.63. The highest BCUT2D eigenvalue weighted by Gasteiger charge is 2.20. The fraction of sp³-hybridized carbons (Fsp3) is 0.286. The Kier molecular flexibility index (Phi) is 6.04. The zero-order chi connectivity index (χ0) is 20.3. The van der Waals surface area contributed by atoms with Gasteiger partial charge in [0.2, 0.25) is 0 Å². The molecule has 0 spiro atoms. The predicted molar refractivity (Wildman–Crippen MR) is 110 cm³/mol. The van der Waals surface area contributed by atoms with E-state index in [-0.39, 0.29) is 11.7 Å². The van der Waals surface area contributed by atoms with Gasteiger partial charge in [-0.05, 0) is 51.0 Å². The van der Waals surface area contributed by atoms with Gasteiger partial charge in [-0.2, -0.15) is 0 Å². The van der Waals surface area contributed by atoms with Crippen LogP contribution in [0.1, 0.15) is 23.6 Å². The lowest BCUT2D eigenvalue weighted by atomic mass is 10.0. The summed E-state index contributed by atoms with van der Waals surface area (Å²) in [5, 5.41) is 3.24. The molecule has 3 rings (SSSR count). The molecular formula is C21H22N2O4S. The Morgan fingerprint density at radius 3 is 2.54 bits per heavy atom. The molecular weight excluding hydrogens is 376 g/mol. The van der Waals surface area contributed by atoms with Gasteiger partial charge < -0.3 is 14.5 Å². The Balaban J connectivity index is 1.54. The summed E-state index contributed by atoms with van der Waals surface area (Å²) in [5.41, 5.74) is 5.21. The van der Waals surface area contributed by atoms with Gasteiger partial charge in [-0.25, -0.2) is 4.98 Å². The van der Waals surface area contributed by atoms with Gasteiger partial charge in [0.15, 0.2) is 11.7 Å². The van der Waals surface area contributed by atoms with Crippen LogP contribution in [-0.2, 0) is 14.3 Å². The van der Waals surface area contributed by atoms with Crippen molar-refractivity contribution in [1.29, 1.82) is 0 Å². The molecule has 0 aliphatic heterocycles. The van der Waals surface area contributed by atoms with Gasteiger partial charge in [0.1, 0.15) is 11.3 Å². The van der Waals surface area contributed by atoms with Crippen molar-refractivity contribution >= 4 is 40.4 Å². The number of nitrogens with one attached hydrogen (secondary N) is 1. The number of amides is 1. The van der Waals surface area contributed by atoms with Crippen molar-refractivity contribution in [2.75, 3.05) is 11.1 Å². The first-order chi connectivity index (χ1) is 13.3. The van der Waals surface area contributed by atoms with Crippen molar-refractivity contribution in [3.63, 3.8) is 0 Å². The Labute approximate surface area is 167 Å². The van der Waals surface area contributed by atoms with Crippen molar-refractivity contribution < 1.29 is 18.7 Å². The minimum atomic E-state index is -0.906. The Morgan fingerprint density at radius 1 is 1.18 bits per heavy atom. The van der Waals surface area contributed by atoms with E-state index in [4.69, 9.17) is 9.15 Å². The van der Waals surface area contributed by atoms with E-state index in [0.29, 0.717) is 10.8 Å². The summed E-state index contributed by atoms with van der Waals surface area (Å²) < 4.78 is 10.8.